The Balaban J connectivity index is 1.59. The molecule has 0 bridgehead atoms. The Labute approximate surface area is 155 Å². The van der Waals surface area contributed by atoms with E-state index in [4.69, 9.17) is 21.1 Å². The molecule has 0 aliphatic rings. The fraction of sp³-hybridized carbons (Fsp3) is 0.222. The van der Waals surface area contributed by atoms with Crippen LogP contribution < -0.4 is 9.47 Å². The highest BCUT2D eigenvalue weighted by Crippen LogP contribution is 2.31. The summed E-state index contributed by atoms with van der Waals surface area (Å²) >= 11 is 7.59. The number of nitrogens with zero attached hydrogens (tertiary/aromatic N) is 2. The van der Waals surface area contributed by atoms with Crippen molar-refractivity contribution in [3.05, 3.63) is 53.1 Å². The van der Waals surface area contributed by atoms with Crippen molar-refractivity contribution in [2.45, 2.75) is 12.1 Å². The summed E-state index contributed by atoms with van der Waals surface area (Å²) in [4.78, 5) is 4.49. The minimum atomic E-state index is 0.583. The zero-order valence-electron chi connectivity index (χ0n) is 14.0. The Morgan fingerprint density at radius 1 is 1.16 bits per heavy atom. The van der Waals surface area contributed by atoms with Crippen LogP contribution >= 0.6 is 23.4 Å². The minimum Gasteiger partial charge on any atom is -0.496 e. The van der Waals surface area contributed by atoms with Gasteiger partial charge in [-0.25, -0.2) is 4.98 Å². The van der Waals surface area contributed by atoms with Crippen molar-refractivity contribution in [1.82, 2.24) is 15.2 Å². The summed E-state index contributed by atoms with van der Waals surface area (Å²) in [6, 6.07) is 13.4. The van der Waals surface area contributed by atoms with Gasteiger partial charge < -0.3 is 9.47 Å². The summed E-state index contributed by atoms with van der Waals surface area (Å²) in [5.41, 5.74) is 1.91. The number of hydrogen-bond acceptors (Lipinski definition) is 5. The van der Waals surface area contributed by atoms with E-state index in [1.54, 1.807) is 19.2 Å². The molecular weight excluding hydrogens is 358 g/mol. The predicted octanol–water partition coefficient (Wildman–Crippen LogP) is 4.61. The quantitative estimate of drug-likeness (QED) is 0.482. The number of nitrogens with one attached hydrogen (secondary N) is 1. The van der Waals surface area contributed by atoms with Crippen molar-refractivity contribution in [1.29, 1.82) is 0 Å². The molecule has 0 aliphatic heterocycles. The average Bonchev–Trinajstić information content (AvgIpc) is 3.09. The van der Waals surface area contributed by atoms with Gasteiger partial charge in [0.1, 0.15) is 11.5 Å². The maximum Gasteiger partial charge on any atom is 0.208 e. The van der Waals surface area contributed by atoms with Gasteiger partial charge in [0, 0.05) is 10.8 Å². The number of hydrogen-bond donors (Lipinski definition) is 1. The van der Waals surface area contributed by atoms with Gasteiger partial charge in [0.05, 0.1) is 19.3 Å². The Morgan fingerprint density at radius 3 is 2.80 bits per heavy atom. The summed E-state index contributed by atoms with van der Waals surface area (Å²) in [5.74, 6) is 2.97. The smallest absolute Gasteiger partial charge is 0.208 e. The first-order valence-electron chi connectivity index (χ1n) is 7.75. The van der Waals surface area contributed by atoms with Crippen LogP contribution in [0.3, 0.4) is 0 Å². The van der Waals surface area contributed by atoms with Crippen molar-refractivity contribution in [3.63, 3.8) is 0 Å². The molecule has 1 N–H and O–H groups in total. The maximum absolute atomic E-state index is 6.06. The van der Waals surface area contributed by atoms with Crippen LogP contribution in [0.15, 0.2) is 47.6 Å². The topological polar surface area (TPSA) is 60.0 Å². The van der Waals surface area contributed by atoms with Crippen LogP contribution in [0.5, 0.6) is 11.5 Å². The number of methoxy groups -OCH3 is 1. The molecule has 1 aromatic heterocycles. The van der Waals surface area contributed by atoms with Crippen LogP contribution in [0.25, 0.3) is 11.4 Å². The van der Waals surface area contributed by atoms with Gasteiger partial charge in [-0.15, -0.1) is 5.10 Å². The number of ether oxygens (including phenoxy) is 2. The highest BCUT2D eigenvalue weighted by Gasteiger charge is 2.12. The first kappa shape index (κ1) is 17.6. The van der Waals surface area contributed by atoms with Gasteiger partial charge in [-0.2, -0.15) is 0 Å². The summed E-state index contributed by atoms with van der Waals surface area (Å²) < 4.78 is 11.1. The lowest BCUT2D eigenvalue weighted by Crippen LogP contribution is -2.01. The van der Waals surface area contributed by atoms with Crippen LogP contribution in [0, 0.1) is 6.92 Å². The molecule has 3 aromatic rings. The number of benzene rings is 2. The molecule has 0 amide bonds. The van der Waals surface area contributed by atoms with Crippen molar-refractivity contribution < 1.29 is 9.47 Å². The van der Waals surface area contributed by atoms with Gasteiger partial charge in [0.25, 0.3) is 0 Å². The number of aryl methyl sites for hydroxylation is 1. The van der Waals surface area contributed by atoms with Gasteiger partial charge >= 0.3 is 0 Å². The molecule has 0 unspecified atom stereocenters. The van der Waals surface area contributed by atoms with Crippen molar-refractivity contribution in [3.8, 4) is 22.9 Å². The van der Waals surface area contributed by atoms with E-state index in [0.717, 1.165) is 22.6 Å². The van der Waals surface area contributed by atoms with Gasteiger partial charge in [-0.1, -0.05) is 41.6 Å². The van der Waals surface area contributed by atoms with E-state index in [0.29, 0.717) is 28.4 Å². The van der Waals surface area contributed by atoms with Gasteiger partial charge in [0.2, 0.25) is 5.16 Å². The second-order valence-corrected chi connectivity index (χ2v) is 6.77. The molecule has 130 valence electrons. The summed E-state index contributed by atoms with van der Waals surface area (Å²) in [6.45, 7) is 2.61. The van der Waals surface area contributed by atoms with E-state index < -0.39 is 0 Å². The summed E-state index contributed by atoms with van der Waals surface area (Å²) in [7, 11) is 1.61. The van der Waals surface area contributed by atoms with E-state index in [-0.39, 0.29) is 0 Å². The van der Waals surface area contributed by atoms with E-state index in [1.165, 1.54) is 11.8 Å². The third kappa shape index (κ3) is 4.46. The normalized spacial score (nSPS) is 10.7. The first-order valence-corrected chi connectivity index (χ1v) is 9.11. The Hall–Kier alpha value is -2.18. The molecule has 7 heteroatoms. The molecule has 1 heterocycles. The fourth-order valence-electron chi connectivity index (χ4n) is 2.30. The zero-order chi connectivity index (χ0) is 17.6. The summed E-state index contributed by atoms with van der Waals surface area (Å²) in [5, 5.41) is 8.44. The van der Waals surface area contributed by atoms with Crippen molar-refractivity contribution in [2.75, 3.05) is 19.5 Å². The van der Waals surface area contributed by atoms with Gasteiger partial charge in [-0.3, -0.25) is 5.10 Å². The maximum atomic E-state index is 6.06. The lowest BCUT2D eigenvalue weighted by Gasteiger charge is -2.07. The monoisotopic (exact) mass is 375 g/mol. The average molecular weight is 376 g/mol. The Morgan fingerprint density at radius 2 is 2.00 bits per heavy atom. The van der Waals surface area contributed by atoms with E-state index in [9.17, 15) is 0 Å². The van der Waals surface area contributed by atoms with Gasteiger partial charge in [-0.05, 0) is 36.8 Å². The van der Waals surface area contributed by atoms with Crippen LogP contribution in [0.1, 0.15) is 5.56 Å². The second kappa shape index (κ2) is 8.27. The zero-order valence-corrected chi connectivity index (χ0v) is 15.5. The first-order chi connectivity index (χ1) is 12.2. The van der Waals surface area contributed by atoms with E-state index in [2.05, 4.69) is 15.2 Å². The highest BCUT2D eigenvalue weighted by atomic mass is 35.5. The van der Waals surface area contributed by atoms with Crippen molar-refractivity contribution in [2.24, 2.45) is 0 Å². The molecule has 0 saturated carbocycles. The van der Waals surface area contributed by atoms with Gasteiger partial charge in [0.15, 0.2) is 5.82 Å². The molecular formula is C18H18ClN3O2S. The van der Waals surface area contributed by atoms with Crippen LogP contribution in [0.2, 0.25) is 5.02 Å². The van der Waals surface area contributed by atoms with E-state index >= 15 is 0 Å². The molecule has 25 heavy (non-hydrogen) atoms. The Kier molecular flexibility index (Phi) is 5.83. The highest BCUT2D eigenvalue weighted by molar-refractivity contribution is 7.99. The molecule has 2 aromatic carbocycles. The lowest BCUT2D eigenvalue weighted by molar-refractivity contribution is 0.341. The Bertz CT molecular complexity index is 854. The van der Waals surface area contributed by atoms with E-state index in [1.807, 2.05) is 37.3 Å². The molecule has 5 nitrogen and oxygen atoms in total. The number of aromatic nitrogens is 3. The fourth-order valence-corrected chi connectivity index (χ4v) is 3.09. The standard InChI is InChI=1S/C18H18ClN3O2S/c1-12-5-3-4-6-15(12)24-9-10-25-18-20-17(21-22-18)14-11-13(19)7-8-16(14)23-2/h3-8,11H,9-10H2,1-2H3,(H,20,21,22). The minimum absolute atomic E-state index is 0.583. The molecule has 0 spiro atoms. The molecule has 0 aliphatic carbocycles. The summed E-state index contributed by atoms with van der Waals surface area (Å²) in [6.07, 6.45) is 0. The SMILES string of the molecule is COc1ccc(Cl)cc1-c1nc(SCCOc2ccccc2C)n[nH]1. The second-order valence-electron chi connectivity index (χ2n) is 5.27. The van der Waals surface area contributed by atoms with Crippen LogP contribution in [0.4, 0.5) is 0 Å². The number of halogens is 1. The third-order valence-corrected chi connectivity index (χ3v) is 4.59. The van der Waals surface area contributed by atoms with Crippen molar-refractivity contribution >= 4 is 23.4 Å². The number of thioether (sulfide) groups is 1. The largest absolute Gasteiger partial charge is 0.496 e. The number of para-hydroxylation sites is 1. The number of H-pyrrole nitrogens is 1. The molecule has 0 atom stereocenters. The molecule has 3 rings (SSSR count). The predicted molar refractivity (Wildman–Crippen MR) is 101 cm³/mol. The molecule has 0 saturated heterocycles. The number of aromatic amines is 1. The lowest BCUT2D eigenvalue weighted by atomic mass is 10.2. The number of rotatable bonds is 7. The molecule has 0 radical (unpaired) electrons. The molecule has 0 fully saturated rings. The third-order valence-electron chi connectivity index (χ3n) is 3.55. The van der Waals surface area contributed by atoms with Crippen LogP contribution in [-0.2, 0) is 0 Å². The van der Waals surface area contributed by atoms with Crippen LogP contribution in [-0.4, -0.2) is 34.7 Å².